The summed E-state index contributed by atoms with van der Waals surface area (Å²) < 4.78 is 78.7. The van der Waals surface area contributed by atoms with E-state index in [2.05, 4.69) is 23.6 Å². The van der Waals surface area contributed by atoms with Crippen molar-refractivity contribution in [3.63, 3.8) is 0 Å². The van der Waals surface area contributed by atoms with Crippen LogP contribution in [0.5, 0.6) is 0 Å². The molecule has 21 heteroatoms. The number of hydrogen-bond acceptors (Lipinski definition) is 16. The van der Waals surface area contributed by atoms with E-state index in [1.807, 2.05) is 93.0 Å². The molecule has 2 aliphatic rings. The smallest absolute Gasteiger partial charge is 0.748 e. The molecule has 16 nitrogen and oxygen atoms in total. The van der Waals surface area contributed by atoms with E-state index in [1.165, 1.54) is 11.4 Å². The van der Waals surface area contributed by atoms with E-state index in [1.54, 1.807) is 25.1 Å². The molecule has 0 amide bonds. The van der Waals surface area contributed by atoms with Gasteiger partial charge in [0.2, 0.25) is 15.7 Å². The maximum atomic E-state index is 13.7. The second-order valence-corrected chi connectivity index (χ2v) is 20.0. The maximum absolute atomic E-state index is 13.7. The van der Waals surface area contributed by atoms with Crippen LogP contribution >= 0.6 is 24.1 Å². The average molecular weight is 950 g/mol. The predicted octanol–water partition coefficient (Wildman–Crippen LogP) is 3.01. The van der Waals surface area contributed by atoms with Crippen LogP contribution < -0.4 is 61.5 Å². The first kappa shape index (κ1) is 53.6. The van der Waals surface area contributed by atoms with E-state index in [0.717, 1.165) is 58.0 Å². The summed E-state index contributed by atoms with van der Waals surface area (Å²) in [7, 11) is -6.77. The van der Waals surface area contributed by atoms with Crippen molar-refractivity contribution >= 4 is 67.3 Å². The van der Waals surface area contributed by atoms with Crippen LogP contribution in [0.25, 0.3) is 0 Å². The van der Waals surface area contributed by atoms with Gasteiger partial charge in [0.25, 0.3) is 0 Å². The van der Waals surface area contributed by atoms with Gasteiger partial charge in [0, 0.05) is 95.9 Å². The van der Waals surface area contributed by atoms with E-state index >= 15 is 0 Å². The molecular formula is C40H52KN3O13S4. The molecule has 0 spiro atoms. The fraction of sp³-hybridized carbons (Fsp3) is 0.450. The molecule has 61 heavy (non-hydrogen) atoms. The molecule has 0 unspecified atom stereocenters. The Balaban J connectivity index is 0.00000992. The third kappa shape index (κ3) is 14.4. The van der Waals surface area contributed by atoms with Crippen molar-refractivity contribution < 1.29 is 116 Å². The summed E-state index contributed by atoms with van der Waals surface area (Å²) in [5.41, 5.74) is 4.12. The number of nitrogens with zero attached hydrogens (tertiary/aromatic N) is 3. The second kappa shape index (κ2) is 24.5. The molecule has 2 aromatic carbocycles. The molecule has 0 aromatic heterocycles. The van der Waals surface area contributed by atoms with Gasteiger partial charge in [0.1, 0.15) is 6.54 Å². The van der Waals surface area contributed by atoms with Gasteiger partial charge in [-0.2, -0.15) is 8.91 Å². The number of rotatable bonds is 24. The molecule has 0 aliphatic carbocycles. The number of anilines is 1. The Bertz CT molecular complexity index is 2210. The maximum Gasteiger partial charge on any atom is 1.00 e. The Morgan fingerprint density at radius 3 is 2.36 bits per heavy atom. The SMILES string of the molecule is CCOC(=O)CCCN(C)S(=O)(=O)c1ccc2c(c1)C(C)(C)\C(=C/C=C/C=C/C=C/C1=[N+](CCCS(=O)(=O)[O-])c3ccc(SOO[O-])cc3C1(C)C)N2CCCSOOO.[K+]. The van der Waals surface area contributed by atoms with Gasteiger partial charge in [0.05, 0.1) is 39.1 Å². The molecule has 0 radical (unpaired) electrons. The molecule has 2 aliphatic heterocycles. The zero-order valence-corrected chi connectivity index (χ0v) is 41.8. The number of esters is 1. The van der Waals surface area contributed by atoms with Gasteiger partial charge < -0.3 is 19.4 Å². The zero-order valence-electron chi connectivity index (χ0n) is 35.4. The molecule has 2 aromatic rings. The van der Waals surface area contributed by atoms with Gasteiger partial charge in [-0.3, -0.25) is 9.83 Å². The molecule has 0 bridgehead atoms. The first-order valence-electron chi connectivity index (χ1n) is 19.1. The summed E-state index contributed by atoms with van der Waals surface area (Å²) in [6.45, 7) is 11.1. The molecule has 0 saturated carbocycles. The molecule has 2 heterocycles. The van der Waals surface area contributed by atoms with Crippen molar-refractivity contribution in [1.82, 2.24) is 4.31 Å². The van der Waals surface area contributed by atoms with E-state index in [0.29, 0.717) is 30.0 Å². The van der Waals surface area contributed by atoms with Gasteiger partial charge in [-0.15, -0.1) is 4.33 Å². The van der Waals surface area contributed by atoms with Crippen molar-refractivity contribution in [3.05, 3.63) is 95.8 Å². The number of carbonyl (C=O) groups is 1. The standard InChI is InChI=1S/C40H53N3O13S4.K/c1-7-52-38(44)18-13-23-41(6)60(50,51)31-20-22-35-33(29-31)40(4,5)37(42(35)24-14-26-57-55-53-45)17-12-10-8-9-11-16-36-39(2,3)32-28-30(58-56-54-46)19-21-34(32)43(36)25-15-27-59(47,48)49;/h8-12,16-17,19-22,28-29H,7,13-15,18,23-27H2,1-6H3,(H2-,45,46,47,48,49);/q;+1/p-1. The van der Waals surface area contributed by atoms with Gasteiger partial charge in [0.15, 0.2) is 5.71 Å². The molecule has 4 rings (SSSR count). The number of allylic oxidation sites excluding steroid dienone is 8. The van der Waals surface area contributed by atoms with Crippen molar-refractivity contribution in [2.75, 3.05) is 49.7 Å². The average Bonchev–Trinajstić information content (AvgIpc) is 3.53. The largest absolute Gasteiger partial charge is 1.00 e. The topological polar surface area (TPSA) is 207 Å². The van der Waals surface area contributed by atoms with Crippen molar-refractivity contribution in [3.8, 4) is 0 Å². The van der Waals surface area contributed by atoms with Gasteiger partial charge in [-0.1, -0.05) is 49.3 Å². The van der Waals surface area contributed by atoms with Crippen LogP contribution in [0.4, 0.5) is 11.4 Å². The number of hydrogen-bond donors (Lipinski definition) is 1. The number of ether oxygens (including phenoxy) is 1. The summed E-state index contributed by atoms with van der Waals surface area (Å²) in [5.74, 6) is -0.359. The molecule has 330 valence electrons. The molecule has 1 N–H and O–H groups in total. The van der Waals surface area contributed by atoms with Crippen LogP contribution in [0.3, 0.4) is 0 Å². The minimum Gasteiger partial charge on any atom is -0.748 e. The Morgan fingerprint density at radius 2 is 1.67 bits per heavy atom. The van der Waals surface area contributed by atoms with E-state index in [-0.39, 0.29) is 94.8 Å². The quantitative estimate of drug-likeness (QED) is 0.0185. The van der Waals surface area contributed by atoms with Crippen LogP contribution in [0, 0.1) is 0 Å². The Kier molecular flexibility index (Phi) is 21.5. The number of benzene rings is 2. The molecule has 0 saturated heterocycles. The summed E-state index contributed by atoms with van der Waals surface area (Å²) in [4.78, 5) is 14.7. The first-order chi connectivity index (χ1) is 28.4. The summed E-state index contributed by atoms with van der Waals surface area (Å²) >= 11 is 1.73. The van der Waals surface area contributed by atoms with Crippen LogP contribution in [-0.4, -0.2) is 92.0 Å². The number of sulfonamides is 1. The minimum absolute atomic E-state index is 0. The van der Waals surface area contributed by atoms with Crippen LogP contribution in [0.15, 0.2) is 94.4 Å². The first-order valence-corrected chi connectivity index (χ1v) is 23.8. The summed E-state index contributed by atoms with van der Waals surface area (Å²) in [5, 5.41) is 26.2. The number of fused-ring (bicyclic) bond motifs is 2. The van der Waals surface area contributed by atoms with Gasteiger partial charge in [-0.25, -0.2) is 26.4 Å². The van der Waals surface area contributed by atoms with Crippen molar-refractivity contribution in [2.24, 2.45) is 0 Å². The normalized spacial score (nSPS) is 16.7. The number of carbonyl (C=O) groups excluding carboxylic acids is 1. The second-order valence-electron chi connectivity index (χ2n) is 14.9. The van der Waals surface area contributed by atoms with Crippen LogP contribution in [0.2, 0.25) is 0 Å². The third-order valence-electron chi connectivity index (χ3n) is 10.2. The van der Waals surface area contributed by atoms with E-state index < -0.39 is 36.7 Å². The summed E-state index contributed by atoms with van der Waals surface area (Å²) in [6.07, 6.45) is 14.5. The Morgan fingerprint density at radius 1 is 0.951 bits per heavy atom. The Labute approximate surface area is 410 Å². The van der Waals surface area contributed by atoms with E-state index in [4.69, 9.17) is 9.99 Å². The zero-order chi connectivity index (χ0) is 44.1. The Hall–Kier alpha value is -1.74. The molecular weight excluding hydrogens is 898 g/mol. The molecule has 0 fully saturated rings. The molecule has 0 atom stereocenters. The van der Waals surface area contributed by atoms with Gasteiger partial charge >= 0.3 is 57.4 Å². The van der Waals surface area contributed by atoms with Crippen molar-refractivity contribution in [2.45, 2.75) is 80.9 Å². The fourth-order valence-electron chi connectivity index (χ4n) is 7.26. The van der Waals surface area contributed by atoms with Crippen LogP contribution in [0.1, 0.15) is 71.4 Å². The summed E-state index contributed by atoms with van der Waals surface area (Å²) in [6, 6.07) is 10.6. The minimum atomic E-state index is -4.40. The van der Waals surface area contributed by atoms with Crippen molar-refractivity contribution in [1.29, 1.82) is 0 Å². The predicted molar refractivity (Wildman–Crippen MR) is 226 cm³/mol. The van der Waals surface area contributed by atoms with Crippen LogP contribution in [-0.2, 0) is 59.2 Å². The van der Waals surface area contributed by atoms with E-state index in [9.17, 15) is 31.4 Å². The fourth-order valence-corrected chi connectivity index (χ4v) is 9.73. The third-order valence-corrected chi connectivity index (χ3v) is 14.0. The monoisotopic (exact) mass is 949 g/mol. The van der Waals surface area contributed by atoms with Gasteiger partial charge in [-0.05, 0) is 75.6 Å².